The first-order valence-corrected chi connectivity index (χ1v) is 9.44. The fraction of sp³-hybridized carbons (Fsp3) is 0.286. The van der Waals surface area contributed by atoms with Crippen molar-refractivity contribution in [3.05, 3.63) is 69.3 Å². The Labute approximate surface area is 173 Å². The van der Waals surface area contributed by atoms with E-state index in [-0.39, 0.29) is 11.4 Å². The first-order valence-electron chi connectivity index (χ1n) is 9.44. The molecular weight excluding hydrogens is 388 g/mol. The van der Waals surface area contributed by atoms with Gasteiger partial charge in [-0.1, -0.05) is 37.3 Å². The molecule has 0 saturated carbocycles. The summed E-state index contributed by atoms with van der Waals surface area (Å²) in [5, 5.41) is 16.5. The smallest absolute Gasteiger partial charge is 0.319 e. The van der Waals surface area contributed by atoms with Crippen LogP contribution in [-0.4, -0.2) is 34.2 Å². The number of rotatable bonds is 6. The maximum atomic E-state index is 13.1. The molecule has 1 fully saturated rings. The maximum absolute atomic E-state index is 13.1. The lowest BCUT2D eigenvalue weighted by Crippen LogP contribution is -2.44. The number of hydrogen-bond donors (Lipinski definition) is 2. The van der Waals surface area contributed by atoms with Crippen LogP contribution in [0.4, 0.5) is 16.2 Å². The predicted molar refractivity (Wildman–Crippen MR) is 110 cm³/mol. The number of nitrogens with zero attached hydrogens (tertiary/aromatic N) is 2. The summed E-state index contributed by atoms with van der Waals surface area (Å²) in [5.41, 5.74) is 0.620. The first kappa shape index (κ1) is 21.0. The summed E-state index contributed by atoms with van der Waals surface area (Å²) in [7, 11) is 0. The molecule has 9 heteroatoms. The maximum Gasteiger partial charge on any atom is 0.325 e. The molecule has 9 nitrogen and oxygen atoms in total. The van der Waals surface area contributed by atoms with E-state index in [2.05, 4.69) is 10.6 Å². The summed E-state index contributed by atoms with van der Waals surface area (Å²) < 4.78 is 0. The van der Waals surface area contributed by atoms with Crippen molar-refractivity contribution in [1.29, 1.82) is 0 Å². The van der Waals surface area contributed by atoms with Crippen LogP contribution in [0.3, 0.4) is 0 Å². The van der Waals surface area contributed by atoms with Crippen molar-refractivity contribution in [3.8, 4) is 0 Å². The SMILES string of the molecule is CCC1(c2ccccc2)NC(=O)N(CC(=O)Nc2cc(C)c(C)cc2[N+](=O)[O-])C1=O. The van der Waals surface area contributed by atoms with Crippen molar-refractivity contribution in [1.82, 2.24) is 10.2 Å². The molecule has 1 aliphatic heterocycles. The number of urea groups is 1. The monoisotopic (exact) mass is 410 g/mol. The van der Waals surface area contributed by atoms with E-state index in [1.54, 1.807) is 51.1 Å². The Morgan fingerprint density at radius 2 is 1.80 bits per heavy atom. The Morgan fingerprint density at radius 3 is 2.40 bits per heavy atom. The Balaban J connectivity index is 1.83. The molecule has 1 unspecified atom stereocenters. The minimum Gasteiger partial charge on any atom is -0.319 e. The number of benzene rings is 2. The molecule has 0 bridgehead atoms. The molecule has 0 radical (unpaired) electrons. The molecule has 1 saturated heterocycles. The van der Waals surface area contributed by atoms with E-state index in [0.717, 1.165) is 10.5 Å². The zero-order valence-corrected chi connectivity index (χ0v) is 16.9. The molecule has 1 heterocycles. The molecule has 156 valence electrons. The van der Waals surface area contributed by atoms with Crippen molar-refractivity contribution >= 4 is 29.2 Å². The van der Waals surface area contributed by atoms with Crippen LogP contribution in [-0.2, 0) is 15.1 Å². The van der Waals surface area contributed by atoms with E-state index in [1.807, 2.05) is 0 Å². The van der Waals surface area contributed by atoms with Crippen LogP contribution in [0.25, 0.3) is 0 Å². The van der Waals surface area contributed by atoms with Gasteiger partial charge in [0.25, 0.3) is 11.6 Å². The van der Waals surface area contributed by atoms with Crippen LogP contribution >= 0.6 is 0 Å². The van der Waals surface area contributed by atoms with Gasteiger partial charge in [-0.3, -0.25) is 24.6 Å². The van der Waals surface area contributed by atoms with Gasteiger partial charge in [-0.2, -0.15) is 0 Å². The topological polar surface area (TPSA) is 122 Å². The summed E-state index contributed by atoms with van der Waals surface area (Å²) in [6.45, 7) is 4.72. The molecule has 2 aromatic rings. The number of anilines is 1. The van der Waals surface area contributed by atoms with E-state index < -0.39 is 34.9 Å². The first-order chi connectivity index (χ1) is 14.2. The minimum atomic E-state index is -1.24. The lowest BCUT2D eigenvalue weighted by atomic mass is 9.87. The summed E-state index contributed by atoms with van der Waals surface area (Å²) in [6.07, 6.45) is 0.308. The molecule has 3 rings (SSSR count). The second-order valence-corrected chi connectivity index (χ2v) is 7.21. The summed E-state index contributed by atoms with van der Waals surface area (Å²) >= 11 is 0. The highest BCUT2D eigenvalue weighted by atomic mass is 16.6. The standard InChI is InChI=1S/C21H22N4O5/c1-4-21(15-8-6-5-7-9-15)19(27)24(20(28)23-21)12-18(26)22-16-10-13(2)14(3)11-17(16)25(29)30/h5-11H,4,12H2,1-3H3,(H,22,26)(H,23,28). The number of imide groups is 1. The Morgan fingerprint density at radius 1 is 1.17 bits per heavy atom. The quantitative estimate of drug-likeness (QED) is 0.431. The molecule has 2 N–H and O–H groups in total. The molecule has 0 spiro atoms. The predicted octanol–water partition coefficient (Wildman–Crippen LogP) is 3.01. The molecule has 0 aliphatic carbocycles. The molecule has 1 atom stereocenters. The highest BCUT2D eigenvalue weighted by Gasteiger charge is 2.51. The average Bonchev–Trinajstić information content (AvgIpc) is 2.96. The number of nitro groups is 1. The second-order valence-electron chi connectivity index (χ2n) is 7.21. The Hall–Kier alpha value is -3.75. The van der Waals surface area contributed by atoms with Gasteiger partial charge in [0.05, 0.1) is 4.92 Å². The van der Waals surface area contributed by atoms with Gasteiger partial charge < -0.3 is 10.6 Å². The summed E-state index contributed by atoms with van der Waals surface area (Å²) in [5.74, 6) is -1.24. The fourth-order valence-electron chi connectivity index (χ4n) is 3.52. The second kappa shape index (κ2) is 7.94. The van der Waals surface area contributed by atoms with Crippen molar-refractivity contribution in [2.45, 2.75) is 32.7 Å². The zero-order valence-electron chi connectivity index (χ0n) is 16.9. The fourth-order valence-corrected chi connectivity index (χ4v) is 3.52. The Kier molecular flexibility index (Phi) is 5.55. The average molecular weight is 410 g/mol. The number of hydrogen-bond acceptors (Lipinski definition) is 5. The third-order valence-electron chi connectivity index (χ3n) is 5.36. The van der Waals surface area contributed by atoms with Crippen molar-refractivity contribution in [2.24, 2.45) is 0 Å². The van der Waals surface area contributed by atoms with Gasteiger partial charge in [-0.25, -0.2) is 4.79 Å². The number of amides is 4. The van der Waals surface area contributed by atoms with Crippen LogP contribution in [0, 0.1) is 24.0 Å². The van der Waals surface area contributed by atoms with Gasteiger partial charge in [0, 0.05) is 6.07 Å². The lowest BCUT2D eigenvalue weighted by Gasteiger charge is -2.25. The van der Waals surface area contributed by atoms with Crippen molar-refractivity contribution in [3.63, 3.8) is 0 Å². The van der Waals surface area contributed by atoms with E-state index in [1.165, 1.54) is 12.1 Å². The van der Waals surface area contributed by atoms with Crippen LogP contribution in [0.5, 0.6) is 0 Å². The molecule has 2 aromatic carbocycles. The van der Waals surface area contributed by atoms with Gasteiger partial charge in [0.2, 0.25) is 5.91 Å². The van der Waals surface area contributed by atoms with Gasteiger partial charge in [0.1, 0.15) is 17.8 Å². The number of carbonyl (C=O) groups excluding carboxylic acids is 3. The highest BCUT2D eigenvalue weighted by molar-refractivity contribution is 6.10. The molecule has 1 aliphatic rings. The number of nitro benzene ring substituents is 1. The van der Waals surface area contributed by atoms with Crippen molar-refractivity contribution in [2.75, 3.05) is 11.9 Å². The van der Waals surface area contributed by atoms with Crippen LogP contribution in [0.2, 0.25) is 0 Å². The largest absolute Gasteiger partial charge is 0.325 e. The van der Waals surface area contributed by atoms with Gasteiger partial charge in [0.15, 0.2) is 0 Å². The Bertz CT molecular complexity index is 1040. The summed E-state index contributed by atoms with van der Waals surface area (Å²) in [6, 6.07) is 11.0. The van der Waals surface area contributed by atoms with Crippen molar-refractivity contribution < 1.29 is 19.3 Å². The number of aryl methyl sites for hydroxylation is 2. The number of carbonyl (C=O) groups is 3. The van der Waals surface area contributed by atoms with E-state index in [0.29, 0.717) is 17.5 Å². The van der Waals surface area contributed by atoms with Crippen LogP contribution in [0.1, 0.15) is 30.0 Å². The third kappa shape index (κ3) is 3.61. The van der Waals surface area contributed by atoms with E-state index >= 15 is 0 Å². The molecule has 0 aromatic heterocycles. The third-order valence-corrected chi connectivity index (χ3v) is 5.36. The molecular formula is C21H22N4O5. The molecule has 30 heavy (non-hydrogen) atoms. The molecule has 4 amide bonds. The van der Waals surface area contributed by atoms with E-state index in [9.17, 15) is 24.5 Å². The zero-order chi connectivity index (χ0) is 22.1. The minimum absolute atomic E-state index is 0.0185. The lowest BCUT2D eigenvalue weighted by molar-refractivity contribution is -0.384. The van der Waals surface area contributed by atoms with Gasteiger partial charge in [-0.15, -0.1) is 0 Å². The van der Waals surface area contributed by atoms with E-state index in [4.69, 9.17) is 0 Å². The highest BCUT2D eigenvalue weighted by Crippen LogP contribution is 2.32. The normalized spacial score (nSPS) is 18.3. The van der Waals surface area contributed by atoms with Crippen LogP contribution in [0.15, 0.2) is 42.5 Å². The number of nitrogens with one attached hydrogen (secondary N) is 2. The van der Waals surface area contributed by atoms with Crippen LogP contribution < -0.4 is 10.6 Å². The van der Waals surface area contributed by atoms with Gasteiger partial charge >= 0.3 is 6.03 Å². The van der Waals surface area contributed by atoms with Gasteiger partial charge in [-0.05, 0) is 43.0 Å². The summed E-state index contributed by atoms with van der Waals surface area (Å²) in [4.78, 5) is 49.7.